The van der Waals surface area contributed by atoms with Crippen LogP contribution in [0.1, 0.15) is 45.0 Å². The maximum Gasteiger partial charge on any atom is 0.411 e. The molecule has 4 aliphatic heterocycles. The first-order valence-electron chi connectivity index (χ1n) is 16.5. The third-order valence-electron chi connectivity index (χ3n) is 8.64. The fourth-order valence-corrected chi connectivity index (χ4v) is 6.32. The van der Waals surface area contributed by atoms with Crippen LogP contribution in [0.3, 0.4) is 0 Å². The van der Waals surface area contributed by atoms with Crippen LogP contribution in [0.2, 0.25) is 0 Å². The van der Waals surface area contributed by atoms with E-state index in [4.69, 9.17) is 24.9 Å². The molecular weight excluding hydrogens is 646 g/mol. The number of carbonyl (C=O) groups excluding carboxylic acids is 1. The highest BCUT2D eigenvalue weighted by molar-refractivity contribution is 5.89. The molecule has 0 radical (unpaired) electrons. The van der Waals surface area contributed by atoms with Crippen molar-refractivity contribution >= 4 is 35.9 Å². The molecule has 2 aromatic rings. The fraction of sp³-hybridized carbons (Fsp3) is 0.471. The summed E-state index contributed by atoms with van der Waals surface area (Å²) in [5, 5.41) is 35.9. The predicted molar refractivity (Wildman–Crippen MR) is 187 cm³/mol. The first-order chi connectivity index (χ1) is 23.9. The number of morpholine rings is 1. The van der Waals surface area contributed by atoms with E-state index in [1.165, 1.54) is 9.80 Å². The number of aliphatic hydroxyl groups excluding tert-OH is 1. The van der Waals surface area contributed by atoms with E-state index in [1.807, 2.05) is 32.9 Å². The maximum atomic E-state index is 12.2. The van der Waals surface area contributed by atoms with Crippen LogP contribution in [0.15, 0.2) is 52.8 Å². The lowest BCUT2D eigenvalue weighted by Gasteiger charge is -2.45. The number of amides is 4. The highest BCUT2D eigenvalue weighted by Crippen LogP contribution is 2.46. The molecule has 0 bridgehead atoms. The number of carbonyl (C=O) groups is 3. The summed E-state index contributed by atoms with van der Waals surface area (Å²) in [7, 11) is 0. The number of fused-ring (bicyclic) bond motifs is 1. The SMILES string of the molecule is C[C@H]1COCCN1c1nc(-c2ccc(NC(=O)NCCO)cc2)nc2c1C(C(C)(C)C)N(C(=O)O)CC2.O=C(O)N1C=CC2=C(C=NCN2)C1. The van der Waals surface area contributed by atoms with Gasteiger partial charge in [-0.1, -0.05) is 20.8 Å². The van der Waals surface area contributed by atoms with Crippen molar-refractivity contribution in [1.29, 1.82) is 0 Å². The van der Waals surface area contributed by atoms with Gasteiger partial charge in [0.15, 0.2) is 5.82 Å². The second-order valence-electron chi connectivity index (χ2n) is 13.3. The molecule has 1 unspecified atom stereocenters. The summed E-state index contributed by atoms with van der Waals surface area (Å²) >= 11 is 0. The molecule has 1 saturated heterocycles. The van der Waals surface area contributed by atoms with Crippen LogP contribution < -0.4 is 20.9 Å². The normalized spacial score (nSPS) is 19.8. The molecular formula is C34H45N9O7. The zero-order valence-electron chi connectivity index (χ0n) is 28.7. The van der Waals surface area contributed by atoms with Crippen molar-refractivity contribution in [3.63, 3.8) is 0 Å². The third-order valence-corrected chi connectivity index (χ3v) is 8.64. The molecule has 4 aliphatic rings. The number of aromatic nitrogens is 2. The Morgan fingerprint density at radius 3 is 2.50 bits per heavy atom. The van der Waals surface area contributed by atoms with E-state index >= 15 is 0 Å². The van der Waals surface area contributed by atoms with E-state index in [-0.39, 0.29) is 24.6 Å². The van der Waals surface area contributed by atoms with Crippen LogP contribution in [-0.2, 0) is 11.2 Å². The Morgan fingerprint density at radius 1 is 1.08 bits per heavy atom. The number of ether oxygens (including phenoxy) is 1. The summed E-state index contributed by atoms with van der Waals surface area (Å²) < 4.78 is 5.67. The topological polar surface area (TPSA) is 205 Å². The molecule has 6 rings (SSSR count). The summed E-state index contributed by atoms with van der Waals surface area (Å²) in [5.41, 5.74) is 4.64. The van der Waals surface area contributed by atoms with Crippen molar-refractivity contribution in [2.45, 2.75) is 46.2 Å². The Kier molecular flexibility index (Phi) is 11.2. The number of rotatable bonds is 5. The zero-order valence-corrected chi connectivity index (χ0v) is 28.7. The van der Waals surface area contributed by atoms with Crippen LogP contribution in [0.5, 0.6) is 0 Å². The van der Waals surface area contributed by atoms with Gasteiger partial charge in [-0.25, -0.2) is 24.4 Å². The lowest BCUT2D eigenvalue weighted by Crippen LogP contribution is -2.49. The number of benzene rings is 1. The molecule has 4 amide bonds. The maximum absolute atomic E-state index is 12.2. The van der Waals surface area contributed by atoms with Gasteiger partial charge in [0, 0.05) is 66.6 Å². The fourth-order valence-electron chi connectivity index (χ4n) is 6.32. The van der Waals surface area contributed by atoms with Crippen LogP contribution in [0.25, 0.3) is 11.4 Å². The molecule has 1 aromatic carbocycles. The zero-order chi connectivity index (χ0) is 36.0. The molecule has 1 aromatic heterocycles. The minimum absolute atomic E-state index is 0.0745. The molecule has 16 heteroatoms. The highest BCUT2D eigenvalue weighted by atomic mass is 16.5. The highest BCUT2D eigenvalue weighted by Gasteiger charge is 2.43. The molecule has 0 saturated carbocycles. The van der Waals surface area contributed by atoms with Gasteiger partial charge in [0.25, 0.3) is 0 Å². The van der Waals surface area contributed by atoms with E-state index in [2.05, 4.69) is 32.8 Å². The van der Waals surface area contributed by atoms with E-state index in [9.17, 15) is 19.5 Å². The number of anilines is 2. The average molecular weight is 692 g/mol. The Morgan fingerprint density at radius 2 is 1.84 bits per heavy atom. The number of nitrogens with zero attached hydrogens (tertiary/aromatic N) is 6. The van der Waals surface area contributed by atoms with Crippen molar-refractivity contribution in [2.75, 3.05) is 62.9 Å². The van der Waals surface area contributed by atoms with E-state index in [1.54, 1.807) is 30.6 Å². The van der Waals surface area contributed by atoms with Crippen molar-refractivity contribution < 1.29 is 34.4 Å². The quantitative estimate of drug-likeness (QED) is 0.268. The van der Waals surface area contributed by atoms with Crippen LogP contribution >= 0.6 is 0 Å². The molecule has 6 N–H and O–H groups in total. The summed E-state index contributed by atoms with van der Waals surface area (Å²) in [4.78, 5) is 53.7. The molecule has 0 spiro atoms. The van der Waals surface area contributed by atoms with Gasteiger partial charge in [-0.3, -0.25) is 9.89 Å². The molecule has 5 heterocycles. The summed E-state index contributed by atoms with van der Waals surface area (Å²) in [5.74, 6) is 1.31. The van der Waals surface area contributed by atoms with Crippen LogP contribution in [0, 0.1) is 5.41 Å². The van der Waals surface area contributed by atoms with E-state index < -0.39 is 24.3 Å². The minimum atomic E-state index is -0.943. The Bertz CT molecular complexity index is 1670. The van der Waals surface area contributed by atoms with Crippen molar-refractivity contribution in [2.24, 2.45) is 10.4 Å². The lowest BCUT2D eigenvalue weighted by atomic mass is 9.78. The first kappa shape index (κ1) is 36.1. The van der Waals surface area contributed by atoms with Crippen molar-refractivity contribution in [1.82, 2.24) is 30.4 Å². The van der Waals surface area contributed by atoms with E-state index in [0.29, 0.717) is 57.4 Å². The smallest absolute Gasteiger partial charge is 0.411 e. The Hall–Kier alpha value is -5.22. The number of aliphatic hydroxyl groups is 1. The summed E-state index contributed by atoms with van der Waals surface area (Å²) in [6.45, 7) is 11.4. The molecule has 50 heavy (non-hydrogen) atoms. The van der Waals surface area contributed by atoms with Gasteiger partial charge in [0.05, 0.1) is 44.1 Å². The minimum Gasteiger partial charge on any atom is -0.465 e. The lowest BCUT2D eigenvalue weighted by molar-refractivity contribution is 0.0739. The van der Waals surface area contributed by atoms with E-state index in [0.717, 1.165) is 33.9 Å². The number of hydrogen-bond acceptors (Lipinski definition) is 10. The van der Waals surface area contributed by atoms with Gasteiger partial charge >= 0.3 is 18.2 Å². The summed E-state index contributed by atoms with van der Waals surface area (Å²) in [6.07, 6.45) is 3.63. The number of urea groups is 1. The second-order valence-corrected chi connectivity index (χ2v) is 13.3. The second kappa shape index (κ2) is 15.6. The standard InChI is InChI=1S/C26H36N6O5.C8H9N3O2/c1-16-15-37-14-12-31(16)23-20-19(9-11-32(25(35)36)21(20)26(2,3)4)29-22(30-23)17-5-7-18(8-6-17)28-24(34)27-10-13-33;12-8(13)11-2-1-7-6(4-11)3-9-5-10-7/h5-8,16,21,33H,9-15H2,1-4H3,(H,35,36)(H2,27,28,34);1-3,10H,4-5H2,(H,12,13)/t16-,21?;/m0./s1. The number of carboxylic acid groups (broad SMARTS) is 2. The number of hydrogen-bond donors (Lipinski definition) is 6. The van der Waals surface area contributed by atoms with Gasteiger partial charge in [-0.05, 0) is 42.7 Å². The number of aliphatic imine (C=N–C) groups is 1. The van der Waals surface area contributed by atoms with Crippen molar-refractivity contribution in [3.8, 4) is 11.4 Å². The molecule has 16 nitrogen and oxygen atoms in total. The Balaban J connectivity index is 0.000000311. The third kappa shape index (κ3) is 8.31. The van der Waals surface area contributed by atoms with Gasteiger partial charge in [0.2, 0.25) is 0 Å². The molecule has 2 atom stereocenters. The molecule has 268 valence electrons. The molecule has 0 aliphatic carbocycles. The van der Waals surface area contributed by atoms with Crippen LogP contribution in [0.4, 0.5) is 25.9 Å². The summed E-state index contributed by atoms with van der Waals surface area (Å²) in [6, 6.07) is 6.54. The monoisotopic (exact) mass is 691 g/mol. The average Bonchev–Trinajstić information content (AvgIpc) is 3.10. The van der Waals surface area contributed by atoms with Gasteiger partial charge in [0.1, 0.15) is 12.5 Å². The van der Waals surface area contributed by atoms with Crippen LogP contribution in [-0.4, -0.2) is 118 Å². The van der Waals surface area contributed by atoms with Gasteiger partial charge in [-0.15, -0.1) is 0 Å². The van der Waals surface area contributed by atoms with Gasteiger partial charge in [-0.2, -0.15) is 0 Å². The number of allylic oxidation sites excluding steroid dienone is 1. The largest absolute Gasteiger partial charge is 0.465 e. The predicted octanol–water partition coefficient (Wildman–Crippen LogP) is 3.49. The van der Waals surface area contributed by atoms with Gasteiger partial charge < -0.3 is 45.8 Å². The first-order valence-corrected chi connectivity index (χ1v) is 16.5. The molecule has 1 fully saturated rings. The number of nitrogens with one attached hydrogen (secondary N) is 3. The van der Waals surface area contributed by atoms with Crippen molar-refractivity contribution in [3.05, 3.63) is 59.1 Å². The Labute approximate surface area is 290 Å².